The highest BCUT2D eigenvalue weighted by Gasteiger charge is 2.30. The number of nitrogens with one attached hydrogen (secondary N) is 1. The fourth-order valence-electron chi connectivity index (χ4n) is 2.22. The molecule has 1 aromatic rings. The van der Waals surface area contributed by atoms with E-state index in [-0.39, 0.29) is 24.0 Å². The maximum atomic E-state index is 11.7. The lowest BCUT2D eigenvalue weighted by molar-refractivity contribution is -0.149. The number of ether oxygens (including phenoxy) is 1. The third-order valence-electron chi connectivity index (χ3n) is 3.39. The van der Waals surface area contributed by atoms with Crippen LogP contribution in [-0.2, 0) is 20.9 Å². The van der Waals surface area contributed by atoms with Crippen LogP contribution in [0.1, 0.15) is 19.3 Å². The Bertz CT molecular complexity index is 568. The van der Waals surface area contributed by atoms with Gasteiger partial charge in [-0.15, -0.1) is 0 Å². The van der Waals surface area contributed by atoms with Crippen molar-refractivity contribution in [2.24, 2.45) is 0 Å². The van der Waals surface area contributed by atoms with Crippen molar-refractivity contribution in [2.75, 3.05) is 6.54 Å². The largest absolute Gasteiger partial charge is 0.479 e. The molecular formula is C14H18N2O5. The summed E-state index contributed by atoms with van der Waals surface area (Å²) in [6.07, 6.45) is 1.89. The molecule has 0 saturated carbocycles. The third-order valence-corrected chi connectivity index (χ3v) is 3.39. The topological polar surface area (TPSA) is 97.6 Å². The molecule has 2 N–H and O–H groups in total. The quantitative estimate of drug-likeness (QED) is 0.769. The minimum absolute atomic E-state index is 0.145. The van der Waals surface area contributed by atoms with Crippen LogP contribution < -0.4 is 10.9 Å². The minimum Gasteiger partial charge on any atom is -0.479 e. The van der Waals surface area contributed by atoms with Crippen molar-refractivity contribution in [3.8, 4) is 0 Å². The SMILES string of the molecule is O=C(CCn1ccccc1=O)NCC1CCC(C(=O)O)O1. The number of nitrogens with zero attached hydrogens (tertiary/aromatic N) is 1. The highest BCUT2D eigenvalue weighted by Crippen LogP contribution is 2.19. The number of hydrogen-bond donors (Lipinski definition) is 2. The van der Waals surface area contributed by atoms with Crippen LogP contribution >= 0.6 is 0 Å². The molecule has 2 unspecified atom stereocenters. The Hall–Kier alpha value is -2.15. The summed E-state index contributed by atoms with van der Waals surface area (Å²) in [5, 5.41) is 11.5. The molecule has 0 aliphatic carbocycles. The monoisotopic (exact) mass is 294 g/mol. The molecule has 0 radical (unpaired) electrons. The minimum atomic E-state index is -0.965. The van der Waals surface area contributed by atoms with Crippen LogP contribution in [0.5, 0.6) is 0 Å². The summed E-state index contributed by atoms with van der Waals surface area (Å²) in [6.45, 7) is 0.612. The highest BCUT2D eigenvalue weighted by molar-refractivity contribution is 5.76. The second-order valence-electron chi connectivity index (χ2n) is 4.95. The number of amides is 1. The zero-order valence-corrected chi connectivity index (χ0v) is 11.5. The van der Waals surface area contributed by atoms with E-state index in [0.717, 1.165) is 0 Å². The van der Waals surface area contributed by atoms with Crippen LogP contribution in [-0.4, -0.2) is 40.3 Å². The normalized spacial score (nSPS) is 21.1. The predicted molar refractivity (Wildman–Crippen MR) is 73.9 cm³/mol. The van der Waals surface area contributed by atoms with Crippen molar-refractivity contribution < 1.29 is 19.4 Å². The lowest BCUT2D eigenvalue weighted by Gasteiger charge is -2.12. The average Bonchev–Trinajstić information content (AvgIpc) is 2.93. The Morgan fingerprint density at radius 3 is 2.86 bits per heavy atom. The van der Waals surface area contributed by atoms with Gasteiger partial charge in [0, 0.05) is 31.8 Å². The second-order valence-corrected chi connectivity index (χ2v) is 4.95. The van der Waals surface area contributed by atoms with Crippen LogP contribution in [0.3, 0.4) is 0 Å². The fourth-order valence-corrected chi connectivity index (χ4v) is 2.22. The van der Waals surface area contributed by atoms with Crippen LogP contribution in [0, 0.1) is 0 Å². The zero-order valence-electron chi connectivity index (χ0n) is 11.5. The van der Waals surface area contributed by atoms with Crippen LogP contribution in [0.4, 0.5) is 0 Å². The molecule has 1 fully saturated rings. The summed E-state index contributed by atoms with van der Waals surface area (Å²) in [7, 11) is 0. The van der Waals surface area contributed by atoms with E-state index in [1.54, 1.807) is 18.3 Å². The van der Waals surface area contributed by atoms with Gasteiger partial charge in [-0.2, -0.15) is 0 Å². The van der Waals surface area contributed by atoms with E-state index in [1.807, 2.05) is 0 Å². The summed E-state index contributed by atoms with van der Waals surface area (Å²) in [5.74, 6) is -1.15. The van der Waals surface area contributed by atoms with E-state index < -0.39 is 12.1 Å². The molecule has 1 aliphatic heterocycles. The van der Waals surface area contributed by atoms with E-state index in [1.165, 1.54) is 10.6 Å². The van der Waals surface area contributed by atoms with Crippen molar-refractivity contribution in [3.05, 3.63) is 34.7 Å². The van der Waals surface area contributed by atoms with Gasteiger partial charge in [-0.05, 0) is 18.9 Å². The molecule has 1 amide bonds. The van der Waals surface area contributed by atoms with Crippen molar-refractivity contribution in [3.63, 3.8) is 0 Å². The maximum Gasteiger partial charge on any atom is 0.332 e. The summed E-state index contributed by atoms with van der Waals surface area (Å²) in [4.78, 5) is 33.9. The lowest BCUT2D eigenvalue weighted by atomic mass is 10.2. The van der Waals surface area contributed by atoms with Gasteiger partial charge in [-0.3, -0.25) is 9.59 Å². The third kappa shape index (κ3) is 4.42. The van der Waals surface area contributed by atoms with Crippen molar-refractivity contribution >= 4 is 11.9 Å². The Labute approximate surface area is 121 Å². The number of aliphatic carboxylic acids is 1. The number of carboxylic acids is 1. The van der Waals surface area contributed by atoms with Gasteiger partial charge in [0.25, 0.3) is 5.56 Å². The first-order valence-electron chi connectivity index (χ1n) is 6.86. The van der Waals surface area contributed by atoms with Crippen LogP contribution in [0.2, 0.25) is 0 Å². The molecule has 114 valence electrons. The van der Waals surface area contributed by atoms with E-state index in [4.69, 9.17) is 9.84 Å². The molecule has 2 heterocycles. The molecule has 2 atom stereocenters. The molecular weight excluding hydrogens is 276 g/mol. The van der Waals surface area contributed by atoms with Crippen molar-refractivity contribution in [2.45, 2.75) is 38.0 Å². The number of carboxylic acid groups (broad SMARTS) is 1. The highest BCUT2D eigenvalue weighted by atomic mass is 16.5. The van der Waals surface area contributed by atoms with Crippen molar-refractivity contribution in [1.82, 2.24) is 9.88 Å². The number of hydrogen-bond acceptors (Lipinski definition) is 4. The number of carbonyl (C=O) groups excluding carboxylic acids is 1. The van der Waals surface area contributed by atoms with Gasteiger partial charge in [-0.25, -0.2) is 4.79 Å². The second kappa shape index (κ2) is 7.03. The number of aromatic nitrogens is 1. The molecule has 0 spiro atoms. The van der Waals surface area contributed by atoms with Crippen LogP contribution in [0.15, 0.2) is 29.2 Å². The summed E-state index contributed by atoms with van der Waals surface area (Å²) in [5.41, 5.74) is -0.145. The number of rotatable bonds is 6. The maximum absolute atomic E-state index is 11.7. The number of pyridine rings is 1. The van der Waals surface area contributed by atoms with E-state index in [2.05, 4.69) is 5.32 Å². The number of carbonyl (C=O) groups is 2. The smallest absolute Gasteiger partial charge is 0.332 e. The summed E-state index contributed by atoms with van der Waals surface area (Å²) >= 11 is 0. The molecule has 0 bridgehead atoms. The predicted octanol–water partition coefficient (Wildman–Crippen LogP) is -0.0132. The first-order valence-corrected chi connectivity index (χ1v) is 6.86. The molecule has 7 nitrogen and oxygen atoms in total. The molecule has 0 aromatic carbocycles. The van der Waals surface area contributed by atoms with Gasteiger partial charge in [0.2, 0.25) is 5.91 Å². The van der Waals surface area contributed by atoms with E-state index in [0.29, 0.717) is 25.9 Å². The van der Waals surface area contributed by atoms with Gasteiger partial charge >= 0.3 is 5.97 Å². The zero-order chi connectivity index (χ0) is 15.2. The van der Waals surface area contributed by atoms with Crippen LogP contribution in [0.25, 0.3) is 0 Å². The van der Waals surface area contributed by atoms with Gasteiger partial charge in [0.15, 0.2) is 6.10 Å². The Kier molecular flexibility index (Phi) is 5.10. The van der Waals surface area contributed by atoms with E-state index in [9.17, 15) is 14.4 Å². The molecule has 1 aromatic heterocycles. The first kappa shape index (κ1) is 15.2. The Morgan fingerprint density at radius 1 is 1.38 bits per heavy atom. The van der Waals surface area contributed by atoms with E-state index >= 15 is 0 Å². The molecule has 2 rings (SSSR count). The first-order chi connectivity index (χ1) is 10.1. The molecule has 21 heavy (non-hydrogen) atoms. The average molecular weight is 294 g/mol. The standard InChI is InChI=1S/C14H18N2O5/c17-12(6-8-16-7-2-1-3-13(16)18)15-9-10-4-5-11(21-10)14(19)20/h1-3,7,10-11H,4-6,8-9H2,(H,15,17)(H,19,20). The molecule has 1 saturated heterocycles. The van der Waals surface area contributed by atoms with Gasteiger partial charge in [0.1, 0.15) is 0 Å². The van der Waals surface area contributed by atoms with Crippen molar-refractivity contribution in [1.29, 1.82) is 0 Å². The van der Waals surface area contributed by atoms with Gasteiger partial charge in [0.05, 0.1) is 6.10 Å². The molecule has 7 heteroatoms. The Balaban J connectivity index is 1.70. The summed E-state index contributed by atoms with van der Waals surface area (Å²) in [6, 6.07) is 4.82. The number of aryl methyl sites for hydroxylation is 1. The molecule has 1 aliphatic rings. The lowest BCUT2D eigenvalue weighted by Crippen LogP contribution is -2.34. The fraction of sp³-hybridized carbons (Fsp3) is 0.500. The summed E-state index contributed by atoms with van der Waals surface area (Å²) < 4.78 is 6.75. The van der Waals surface area contributed by atoms with Gasteiger partial charge in [-0.1, -0.05) is 6.07 Å². The van der Waals surface area contributed by atoms with Gasteiger partial charge < -0.3 is 19.7 Å². The Morgan fingerprint density at radius 2 is 2.19 bits per heavy atom.